The first-order valence-corrected chi connectivity index (χ1v) is 11.1. The van der Waals surface area contributed by atoms with Crippen LogP contribution in [-0.4, -0.2) is 66.6 Å². The van der Waals surface area contributed by atoms with Crippen LogP contribution < -0.4 is 29.0 Å². The molecule has 2 unspecified atom stereocenters. The summed E-state index contributed by atoms with van der Waals surface area (Å²) in [5, 5.41) is 3.95. The second kappa shape index (κ2) is 9.53. The molecule has 33 heavy (non-hydrogen) atoms. The Morgan fingerprint density at radius 1 is 0.758 bits per heavy atom. The molecule has 0 spiro atoms. The maximum Gasteiger partial charge on any atom is 0.203 e. The predicted molar refractivity (Wildman–Crippen MR) is 128 cm³/mol. The van der Waals surface area contributed by atoms with E-state index in [0.29, 0.717) is 28.9 Å². The Morgan fingerprint density at radius 3 is 1.85 bits per heavy atom. The minimum absolute atomic E-state index is 0.0938. The van der Waals surface area contributed by atoms with Gasteiger partial charge in [0.2, 0.25) is 5.75 Å². The average molecular weight is 455 g/mol. The van der Waals surface area contributed by atoms with Gasteiger partial charge in [0.1, 0.15) is 0 Å². The normalized spacial score (nSPS) is 23.5. The molecule has 0 radical (unpaired) electrons. The van der Waals surface area contributed by atoms with Crippen molar-refractivity contribution in [3.05, 3.63) is 53.1 Å². The summed E-state index contributed by atoms with van der Waals surface area (Å²) in [6, 6.07) is 8.65. The summed E-state index contributed by atoms with van der Waals surface area (Å²) in [4.78, 5) is 2.26. The Labute approximate surface area is 196 Å². The van der Waals surface area contributed by atoms with Crippen LogP contribution >= 0.6 is 0 Å². The molecule has 4 atom stereocenters. The van der Waals surface area contributed by atoms with Crippen LogP contribution in [-0.2, 0) is 0 Å². The Kier molecular flexibility index (Phi) is 6.72. The number of hydrogen-bond acceptors (Lipinski definition) is 7. The largest absolute Gasteiger partial charge is 0.493 e. The average Bonchev–Trinajstić information content (AvgIpc) is 2.85. The standard InChI is InChI=1S/C26H34N2O5/c1-28(2)19-10-8-9-16-17-13-20(29-3)21(30-4)14-18(17)24(27-25(16)19)15-11-22(31-5)26(33-7)23(12-15)32-6/h8,10-14,16,19,24-25,27H,9H2,1-7H3/t16-,19-,24?,25?/m0/s1. The van der Waals surface area contributed by atoms with E-state index in [-0.39, 0.29) is 18.1 Å². The Hall–Kier alpha value is -2.90. The van der Waals surface area contributed by atoms with Gasteiger partial charge < -0.3 is 33.9 Å². The Bertz CT molecular complexity index is 1010. The van der Waals surface area contributed by atoms with Crippen molar-refractivity contribution in [3.63, 3.8) is 0 Å². The molecule has 2 aliphatic rings. The lowest BCUT2D eigenvalue weighted by molar-refractivity contribution is 0.216. The lowest BCUT2D eigenvalue weighted by Crippen LogP contribution is -2.54. The van der Waals surface area contributed by atoms with Gasteiger partial charge in [-0.15, -0.1) is 0 Å². The number of ether oxygens (including phenoxy) is 5. The molecule has 178 valence electrons. The number of nitrogens with one attached hydrogen (secondary N) is 1. The third-order valence-corrected chi connectivity index (χ3v) is 6.80. The number of likely N-dealkylation sites (N-methyl/N-ethyl adjacent to an activating group) is 1. The maximum atomic E-state index is 5.67. The predicted octanol–water partition coefficient (Wildman–Crippen LogP) is 3.76. The molecular weight excluding hydrogens is 420 g/mol. The van der Waals surface area contributed by atoms with Crippen LogP contribution in [0.3, 0.4) is 0 Å². The quantitative estimate of drug-likeness (QED) is 0.639. The second-order valence-corrected chi connectivity index (χ2v) is 8.64. The van der Waals surface area contributed by atoms with E-state index < -0.39 is 0 Å². The van der Waals surface area contributed by atoms with Crippen molar-refractivity contribution in [2.75, 3.05) is 49.6 Å². The van der Waals surface area contributed by atoms with Gasteiger partial charge >= 0.3 is 0 Å². The van der Waals surface area contributed by atoms with Gasteiger partial charge in [0.25, 0.3) is 0 Å². The summed E-state index contributed by atoms with van der Waals surface area (Å²) in [6.07, 6.45) is 5.55. The number of hydrogen-bond donors (Lipinski definition) is 1. The molecule has 1 N–H and O–H groups in total. The second-order valence-electron chi connectivity index (χ2n) is 8.64. The third-order valence-electron chi connectivity index (χ3n) is 6.80. The number of methoxy groups -OCH3 is 5. The number of rotatable bonds is 7. The van der Waals surface area contributed by atoms with Crippen LogP contribution in [0.25, 0.3) is 0 Å². The maximum absolute atomic E-state index is 5.67. The van der Waals surface area contributed by atoms with Gasteiger partial charge in [-0.05, 0) is 61.5 Å². The number of benzene rings is 2. The molecule has 7 heteroatoms. The SMILES string of the molecule is COc1cc2c(cc1OC)[C@@H]1CC=C[C@H](N(C)C)C1NC2c1cc(OC)c(OC)c(OC)c1. The first kappa shape index (κ1) is 23.3. The van der Waals surface area contributed by atoms with E-state index in [1.165, 1.54) is 5.56 Å². The molecule has 0 bridgehead atoms. The van der Waals surface area contributed by atoms with Gasteiger partial charge in [-0.2, -0.15) is 0 Å². The molecule has 0 amide bonds. The molecule has 0 fully saturated rings. The molecule has 1 heterocycles. The Morgan fingerprint density at radius 2 is 1.33 bits per heavy atom. The highest BCUT2D eigenvalue weighted by Crippen LogP contribution is 2.48. The van der Waals surface area contributed by atoms with Gasteiger partial charge in [-0.1, -0.05) is 12.2 Å². The smallest absolute Gasteiger partial charge is 0.203 e. The lowest BCUT2D eigenvalue weighted by Gasteiger charge is -2.46. The number of allylic oxidation sites excluding steroid dienone is 1. The van der Waals surface area contributed by atoms with E-state index in [0.717, 1.165) is 23.3 Å². The topological polar surface area (TPSA) is 61.4 Å². The fourth-order valence-electron chi connectivity index (χ4n) is 5.21. The fourth-order valence-corrected chi connectivity index (χ4v) is 5.21. The first-order valence-electron chi connectivity index (χ1n) is 11.1. The van der Waals surface area contributed by atoms with Crippen LogP contribution in [0.4, 0.5) is 0 Å². The molecule has 1 aliphatic carbocycles. The van der Waals surface area contributed by atoms with Gasteiger partial charge in [-0.3, -0.25) is 0 Å². The van der Waals surface area contributed by atoms with E-state index in [9.17, 15) is 0 Å². The van der Waals surface area contributed by atoms with E-state index >= 15 is 0 Å². The molecule has 4 rings (SSSR count). The minimum atomic E-state index is -0.0938. The molecule has 0 saturated carbocycles. The molecule has 2 aromatic carbocycles. The molecule has 7 nitrogen and oxygen atoms in total. The summed E-state index contributed by atoms with van der Waals surface area (Å²) >= 11 is 0. The van der Waals surface area contributed by atoms with Crippen LogP contribution in [0.2, 0.25) is 0 Å². The zero-order valence-electron chi connectivity index (χ0n) is 20.5. The summed E-state index contributed by atoms with van der Waals surface area (Å²) < 4.78 is 28.2. The molecule has 1 aliphatic heterocycles. The van der Waals surface area contributed by atoms with Crippen molar-refractivity contribution in [2.45, 2.75) is 30.5 Å². The van der Waals surface area contributed by atoms with Crippen molar-refractivity contribution in [1.82, 2.24) is 10.2 Å². The van der Waals surface area contributed by atoms with E-state index in [2.05, 4.69) is 48.6 Å². The highest BCUT2D eigenvalue weighted by molar-refractivity contribution is 5.59. The minimum Gasteiger partial charge on any atom is -0.493 e. The lowest BCUT2D eigenvalue weighted by atomic mass is 9.73. The number of nitrogens with zero attached hydrogens (tertiary/aromatic N) is 1. The highest BCUT2D eigenvalue weighted by atomic mass is 16.5. The van der Waals surface area contributed by atoms with Crippen LogP contribution in [0, 0.1) is 0 Å². The van der Waals surface area contributed by atoms with Crippen molar-refractivity contribution >= 4 is 0 Å². The zero-order chi connectivity index (χ0) is 23.7. The van der Waals surface area contributed by atoms with Crippen molar-refractivity contribution in [1.29, 1.82) is 0 Å². The zero-order valence-corrected chi connectivity index (χ0v) is 20.5. The molecule has 2 aromatic rings. The summed E-state index contributed by atoms with van der Waals surface area (Å²) in [5.74, 6) is 3.61. The third kappa shape index (κ3) is 4.00. The molecule has 0 saturated heterocycles. The van der Waals surface area contributed by atoms with E-state index in [1.807, 2.05) is 12.1 Å². The van der Waals surface area contributed by atoms with Gasteiger partial charge in [0.15, 0.2) is 23.0 Å². The molecule has 0 aromatic heterocycles. The van der Waals surface area contributed by atoms with E-state index in [1.54, 1.807) is 35.5 Å². The van der Waals surface area contributed by atoms with Crippen molar-refractivity contribution in [2.24, 2.45) is 0 Å². The van der Waals surface area contributed by atoms with Gasteiger partial charge in [0, 0.05) is 18.0 Å². The number of fused-ring (bicyclic) bond motifs is 3. The van der Waals surface area contributed by atoms with Crippen molar-refractivity contribution in [3.8, 4) is 28.7 Å². The van der Waals surface area contributed by atoms with Crippen LogP contribution in [0.5, 0.6) is 28.7 Å². The van der Waals surface area contributed by atoms with Gasteiger partial charge in [-0.25, -0.2) is 0 Å². The highest BCUT2D eigenvalue weighted by Gasteiger charge is 2.41. The summed E-state index contributed by atoms with van der Waals surface area (Å²) in [6.45, 7) is 0. The summed E-state index contributed by atoms with van der Waals surface area (Å²) in [7, 11) is 12.5. The fraction of sp³-hybridized carbons (Fsp3) is 0.462. The first-order chi connectivity index (χ1) is 16.0. The monoisotopic (exact) mass is 454 g/mol. The van der Waals surface area contributed by atoms with Gasteiger partial charge in [0.05, 0.1) is 41.6 Å². The van der Waals surface area contributed by atoms with Crippen LogP contribution in [0.15, 0.2) is 36.4 Å². The Balaban J connectivity index is 1.92. The summed E-state index contributed by atoms with van der Waals surface area (Å²) in [5.41, 5.74) is 3.46. The molecular formula is C26H34N2O5. The van der Waals surface area contributed by atoms with Crippen LogP contribution in [0.1, 0.15) is 35.1 Å². The van der Waals surface area contributed by atoms with E-state index in [4.69, 9.17) is 23.7 Å². The van der Waals surface area contributed by atoms with Crippen molar-refractivity contribution < 1.29 is 23.7 Å².